The number of hydrogen-bond donors (Lipinski definition) is 1. The lowest BCUT2D eigenvalue weighted by molar-refractivity contribution is -0.132. The summed E-state index contributed by atoms with van der Waals surface area (Å²) in [7, 11) is 1.65. The lowest BCUT2D eigenvalue weighted by atomic mass is 10.2. The normalized spacial score (nSPS) is 14.9. The molecule has 0 atom stereocenters. The maximum Gasteiger partial charge on any atom is 0.224 e. The van der Waals surface area contributed by atoms with E-state index in [9.17, 15) is 4.79 Å². The van der Waals surface area contributed by atoms with E-state index in [2.05, 4.69) is 34.5 Å². The van der Waals surface area contributed by atoms with Crippen molar-refractivity contribution in [1.82, 2.24) is 9.80 Å². The van der Waals surface area contributed by atoms with Crippen LogP contribution in [0.5, 0.6) is 5.75 Å². The van der Waals surface area contributed by atoms with Crippen molar-refractivity contribution in [2.45, 2.75) is 13.0 Å². The van der Waals surface area contributed by atoms with Gasteiger partial charge in [-0.1, -0.05) is 30.3 Å². The Kier molecular flexibility index (Phi) is 6.50. The van der Waals surface area contributed by atoms with Crippen molar-refractivity contribution >= 4 is 11.6 Å². The number of methoxy groups -OCH3 is 1. The molecule has 0 bridgehead atoms. The Bertz CT molecular complexity index is 680. The first-order chi connectivity index (χ1) is 12.7. The van der Waals surface area contributed by atoms with Crippen molar-refractivity contribution < 1.29 is 9.53 Å². The minimum Gasteiger partial charge on any atom is -0.497 e. The van der Waals surface area contributed by atoms with Gasteiger partial charge in [0.1, 0.15) is 5.75 Å². The van der Waals surface area contributed by atoms with E-state index in [1.165, 1.54) is 5.56 Å². The van der Waals surface area contributed by atoms with Gasteiger partial charge in [-0.2, -0.15) is 0 Å². The first-order valence-electron chi connectivity index (χ1n) is 9.16. The van der Waals surface area contributed by atoms with E-state index in [4.69, 9.17) is 4.74 Å². The molecule has 5 heteroatoms. The molecule has 2 aromatic carbocycles. The van der Waals surface area contributed by atoms with Gasteiger partial charge in [-0.15, -0.1) is 0 Å². The molecular formula is C21H27N3O2. The molecule has 138 valence electrons. The maximum absolute atomic E-state index is 12.4. The highest BCUT2D eigenvalue weighted by Crippen LogP contribution is 2.15. The molecule has 1 fully saturated rings. The molecule has 1 saturated heterocycles. The average molecular weight is 353 g/mol. The van der Waals surface area contributed by atoms with Crippen LogP contribution in [0.1, 0.15) is 12.0 Å². The number of ether oxygens (including phenoxy) is 1. The van der Waals surface area contributed by atoms with Crippen LogP contribution in [0, 0.1) is 0 Å². The van der Waals surface area contributed by atoms with Crippen LogP contribution in [0.3, 0.4) is 0 Å². The van der Waals surface area contributed by atoms with Gasteiger partial charge in [0, 0.05) is 51.4 Å². The number of rotatable bonds is 7. The lowest BCUT2D eigenvalue weighted by Gasteiger charge is -2.34. The van der Waals surface area contributed by atoms with E-state index < -0.39 is 0 Å². The minimum atomic E-state index is 0.227. The second-order valence-electron chi connectivity index (χ2n) is 6.55. The third-order valence-electron chi connectivity index (χ3n) is 4.73. The zero-order valence-corrected chi connectivity index (χ0v) is 15.4. The molecular weight excluding hydrogens is 326 g/mol. The van der Waals surface area contributed by atoms with Crippen LogP contribution in [0.2, 0.25) is 0 Å². The van der Waals surface area contributed by atoms with E-state index in [0.29, 0.717) is 13.0 Å². The van der Waals surface area contributed by atoms with Crippen LogP contribution in [0.15, 0.2) is 54.6 Å². The van der Waals surface area contributed by atoms with Crippen molar-refractivity contribution in [3.8, 4) is 5.75 Å². The second kappa shape index (κ2) is 9.25. The fraction of sp³-hybridized carbons (Fsp3) is 0.381. The number of amides is 1. The van der Waals surface area contributed by atoms with E-state index >= 15 is 0 Å². The summed E-state index contributed by atoms with van der Waals surface area (Å²) in [6.45, 7) is 5.11. The smallest absolute Gasteiger partial charge is 0.224 e. The molecule has 2 aromatic rings. The maximum atomic E-state index is 12.4. The largest absolute Gasteiger partial charge is 0.497 e. The molecule has 1 aliphatic heterocycles. The lowest BCUT2D eigenvalue weighted by Crippen LogP contribution is -2.48. The van der Waals surface area contributed by atoms with Crippen LogP contribution in [0.25, 0.3) is 0 Å². The van der Waals surface area contributed by atoms with Gasteiger partial charge in [0.05, 0.1) is 7.11 Å². The number of anilines is 1. The second-order valence-corrected chi connectivity index (χ2v) is 6.55. The third-order valence-corrected chi connectivity index (χ3v) is 4.73. The van der Waals surface area contributed by atoms with Crippen molar-refractivity contribution in [2.24, 2.45) is 0 Å². The third kappa shape index (κ3) is 5.23. The summed E-state index contributed by atoms with van der Waals surface area (Å²) >= 11 is 0. The summed E-state index contributed by atoms with van der Waals surface area (Å²) in [5.41, 5.74) is 2.34. The molecule has 1 aliphatic rings. The molecule has 0 saturated carbocycles. The summed E-state index contributed by atoms with van der Waals surface area (Å²) in [5, 5.41) is 3.29. The number of hydrogen-bond acceptors (Lipinski definition) is 4. The highest BCUT2D eigenvalue weighted by atomic mass is 16.5. The Morgan fingerprint density at radius 2 is 1.69 bits per heavy atom. The van der Waals surface area contributed by atoms with Gasteiger partial charge in [-0.3, -0.25) is 9.69 Å². The zero-order valence-electron chi connectivity index (χ0n) is 15.4. The Hall–Kier alpha value is -2.53. The van der Waals surface area contributed by atoms with Crippen LogP contribution >= 0.6 is 0 Å². The van der Waals surface area contributed by atoms with Crippen LogP contribution in [-0.2, 0) is 11.3 Å². The fourth-order valence-corrected chi connectivity index (χ4v) is 3.18. The standard InChI is InChI=1S/C21H27N3O2/c1-26-20-9-7-19(8-10-20)22-12-11-21(25)24-15-13-23(14-16-24)17-18-5-3-2-4-6-18/h2-10,22H,11-17H2,1H3. The van der Waals surface area contributed by atoms with Crippen LogP contribution in [-0.4, -0.2) is 55.5 Å². The molecule has 3 rings (SSSR count). The molecule has 1 amide bonds. The van der Waals surface area contributed by atoms with E-state index in [-0.39, 0.29) is 5.91 Å². The van der Waals surface area contributed by atoms with E-state index in [0.717, 1.165) is 44.2 Å². The number of piperazine rings is 1. The zero-order chi connectivity index (χ0) is 18.2. The Labute approximate surface area is 155 Å². The summed E-state index contributed by atoms with van der Waals surface area (Å²) in [6.07, 6.45) is 0.519. The van der Waals surface area contributed by atoms with Gasteiger partial charge in [-0.25, -0.2) is 0 Å². The van der Waals surface area contributed by atoms with E-state index in [1.54, 1.807) is 7.11 Å². The molecule has 1 N–H and O–H groups in total. The monoisotopic (exact) mass is 353 g/mol. The summed E-state index contributed by atoms with van der Waals surface area (Å²) in [6, 6.07) is 18.3. The Morgan fingerprint density at radius 3 is 2.35 bits per heavy atom. The van der Waals surface area contributed by atoms with Gasteiger partial charge in [0.25, 0.3) is 0 Å². The number of nitrogens with one attached hydrogen (secondary N) is 1. The minimum absolute atomic E-state index is 0.227. The molecule has 5 nitrogen and oxygen atoms in total. The van der Waals surface area contributed by atoms with E-state index in [1.807, 2.05) is 35.2 Å². The predicted molar refractivity (Wildman–Crippen MR) is 104 cm³/mol. The highest BCUT2D eigenvalue weighted by Gasteiger charge is 2.20. The molecule has 0 unspecified atom stereocenters. The molecule has 0 spiro atoms. The quantitative estimate of drug-likeness (QED) is 0.831. The number of carbonyl (C=O) groups is 1. The first-order valence-corrected chi connectivity index (χ1v) is 9.16. The fourth-order valence-electron chi connectivity index (χ4n) is 3.18. The van der Waals surface area contributed by atoms with Crippen molar-refractivity contribution in [1.29, 1.82) is 0 Å². The molecule has 0 aromatic heterocycles. The summed E-state index contributed by atoms with van der Waals surface area (Å²) in [4.78, 5) is 16.8. The number of benzene rings is 2. The van der Waals surface area contributed by atoms with Gasteiger partial charge < -0.3 is 15.0 Å². The molecule has 0 aliphatic carbocycles. The molecule has 0 radical (unpaired) electrons. The Morgan fingerprint density at radius 1 is 1.00 bits per heavy atom. The van der Waals surface area contributed by atoms with Gasteiger partial charge in [-0.05, 0) is 29.8 Å². The van der Waals surface area contributed by atoms with Gasteiger partial charge in [0.15, 0.2) is 0 Å². The van der Waals surface area contributed by atoms with Crippen molar-refractivity contribution in [3.05, 3.63) is 60.2 Å². The van der Waals surface area contributed by atoms with Crippen molar-refractivity contribution in [2.75, 3.05) is 45.2 Å². The van der Waals surface area contributed by atoms with Crippen LogP contribution in [0.4, 0.5) is 5.69 Å². The van der Waals surface area contributed by atoms with Crippen molar-refractivity contribution in [3.63, 3.8) is 0 Å². The summed E-state index contributed by atoms with van der Waals surface area (Å²) < 4.78 is 5.14. The van der Waals surface area contributed by atoms with Gasteiger partial charge in [0.2, 0.25) is 5.91 Å². The topological polar surface area (TPSA) is 44.8 Å². The first kappa shape index (κ1) is 18.3. The average Bonchev–Trinajstić information content (AvgIpc) is 2.70. The number of carbonyl (C=O) groups excluding carboxylic acids is 1. The molecule has 26 heavy (non-hydrogen) atoms. The summed E-state index contributed by atoms with van der Waals surface area (Å²) in [5.74, 6) is 1.06. The highest BCUT2D eigenvalue weighted by molar-refractivity contribution is 5.76. The van der Waals surface area contributed by atoms with Crippen LogP contribution < -0.4 is 10.1 Å². The SMILES string of the molecule is COc1ccc(NCCC(=O)N2CCN(Cc3ccccc3)CC2)cc1. The number of nitrogens with zero attached hydrogens (tertiary/aromatic N) is 2. The predicted octanol–water partition coefficient (Wildman–Crippen LogP) is 2.84. The van der Waals surface area contributed by atoms with Gasteiger partial charge >= 0.3 is 0 Å². The molecule has 1 heterocycles. The Balaban J connectivity index is 1.36.